The second-order valence-corrected chi connectivity index (χ2v) is 16.5. The fraction of sp³-hybridized carbons (Fsp3) is 1.00. The molecule has 0 aliphatic heterocycles. The minimum Gasteiger partial charge on any atom is -0.392 e. The van der Waals surface area contributed by atoms with Crippen molar-refractivity contribution in [1.29, 1.82) is 0 Å². The molecular weight excluding hydrogens is 588 g/mol. The van der Waals surface area contributed by atoms with Crippen LogP contribution < -0.4 is 10.6 Å². The van der Waals surface area contributed by atoms with E-state index in [4.69, 9.17) is 38.8 Å². The van der Waals surface area contributed by atoms with E-state index >= 15 is 0 Å². The van der Waals surface area contributed by atoms with Crippen LogP contribution in [0.15, 0.2) is 0 Å². The minimum atomic E-state index is -0.329. The van der Waals surface area contributed by atoms with Crippen molar-refractivity contribution >= 4 is 24.2 Å². The van der Waals surface area contributed by atoms with Crippen LogP contribution in [0.3, 0.4) is 0 Å². The summed E-state index contributed by atoms with van der Waals surface area (Å²) in [7, 11) is 0. The molecule has 268 valence electrons. The Balaban J connectivity index is 0. The van der Waals surface area contributed by atoms with Crippen molar-refractivity contribution in [1.82, 2.24) is 10.6 Å². The molecule has 5 nitrogen and oxygen atoms in total. The summed E-state index contributed by atoms with van der Waals surface area (Å²) in [6.07, 6.45) is 17.0. The molecule has 0 saturated heterocycles. The maximum absolute atomic E-state index is 8.53. The molecule has 0 aliphatic rings. The van der Waals surface area contributed by atoms with Gasteiger partial charge in [-0.25, -0.2) is 0 Å². The van der Waals surface area contributed by atoms with E-state index in [0.717, 1.165) is 70.7 Å². The van der Waals surface area contributed by atoms with E-state index in [1.807, 2.05) is 6.92 Å². The number of ether oxygens (including phenoxy) is 2. The summed E-state index contributed by atoms with van der Waals surface area (Å²) in [5.41, 5.74) is 0.400. The summed E-state index contributed by atoms with van der Waals surface area (Å²) in [5, 5.41) is 16.0. The van der Waals surface area contributed by atoms with Crippen molar-refractivity contribution in [3.63, 3.8) is 0 Å². The lowest BCUT2D eigenvalue weighted by atomic mass is 9.96. The van der Waals surface area contributed by atoms with Gasteiger partial charge in [0.25, 0.3) is 0 Å². The normalized spacial score (nSPS) is 15.4. The van der Waals surface area contributed by atoms with Crippen LogP contribution in [-0.4, -0.2) is 65.0 Å². The Morgan fingerprint density at radius 1 is 0.682 bits per heavy atom. The van der Waals surface area contributed by atoms with Gasteiger partial charge in [-0.3, -0.25) is 0 Å². The van der Waals surface area contributed by atoms with Gasteiger partial charge in [0.05, 0.1) is 11.7 Å². The highest BCUT2D eigenvalue weighted by Crippen LogP contribution is 2.24. The first-order valence-corrected chi connectivity index (χ1v) is 19.2. The topological polar surface area (TPSA) is 62.8 Å². The fourth-order valence-electron chi connectivity index (χ4n) is 4.81. The van der Waals surface area contributed by atoms with Crippen molar-refractivity contribution in [3.8, 4) is 0 Å². The van der Waals surface area contributed by atoms with Gasteiger partial charge in [0, 0.05) is 30.2 Å². The van der Waals surface area contributed by atoms with Crippen molar-refractivity contribution in [3.05, 3.63) is 0 Å². The van der Waals surface area contributed by atoms with Gasteiger partial charge in [0.2, 0.25) is 0 Å². The van der Waals surface area contributed by atoms with Crippen molar-refractivity contribution in [2.24, 2.45) is 5.92 Å². The molecule has 0 radical (unpaired) electrons. The molecule has 3 unspecified atom stereocenters. The van der Waals surface area contributed by atoms with E-state index in [1.54, 1.807) is 0 Å². The molecule has 0 heterocycles. The highest BCUT2D eigenvalue weighted by atomic mass is 35.5. The van der Waals surface area contributed by atoms with E-state index in [2.05, 4.69) is 79.9 Å². The van der Waals surface area contributed by atoms with E-state index in [9.17, 15) is 0 Å². The molecule has 0 rings (SSSR count). The maximum atomic E-state index is 8.53. The highest BCUT2D eigenvalue weighted by Gasteiger charge is 2.22. The Bertz CT molecular complexity index is 642. The standard InChI is InChI=1S/C33H70N2O2S.C4H9ClO/c1-11-13-14-23-32(8,9)36-26-19-16-21-30(4,5)34-25-18-15-24-33(10,38)37-27-20-17-22-31(6,7)35-28-29(3)12-2;1-2-4(6)3-5/h29,34-35,38H,11-28H2,1-10H3;4,6H,2-3H2,1H3. The largest absolute Gasteiger partial charge is 0.392 e. The molecule has 0 aromatic heterocycles. The minimum absolute atomic E-state index is 0.0232. The second kappa shape index (κ2) is 26.4. The summed E-state index contributed by atoms with van der Waals surface area (Å²) in [5.74, 6) is 1.10. The Morgan fingerprint density at radius 3 is 1.70 bits per heavy atom. The fourth-order valence-corrected chi connectivity index (χ4v) is 5.28. The predicted octanol–water partition coefficient (Wildman–Crippen LogP) is 10.3. The van der Waals surface area contributed by atoms with Gasteiger partial charge < -0.3 is 25.2 Å². The number of aliphatic hydroxyl groups is 1. The van der Waals surface area contributed by atoms with Gasteiger partial charge in [-0.15, -0.1) is 24.2 Å². The third kappa shape index (κ3) is 31.1. The van der Waals surface area contributed by atoms with Crippen LogP contribution >= 0.6 is 24.2 Å². The molecule has 7 heteroatoms. The number of aliphatic hydroxyl groups excluding tert-OH is 1. The van der Waals surface area contributed by atoms with Crippen LogP contribution in [-0.2, 0) is 9.47 Å². The molecule has 3 N–H and O–H groups in total. The highest BCUT2D eigenvalue weighted by molar-refractivity contribution is 7.81. The Hall–Kier alpha value is 0.440. The summed E-state index contributed by atoms with van der Waals surface area (Å²) in [6.45, 7) is 28.5. The molecule has 0 spiro atoms. The average molecular weight is 668 g/mol. The lowest BCUT2D eigenvalue weighted by Crippen LogP contribution is -2.41. The lowest BCUT2D eigenvalue weighted by molar-refractivity contribution is -0.0269. The maximum Gasteiger partial charge on any atom is 0.108 e. The van der Waals surface area contributed by atoms with E-state index in [1.165, 1.54) is 57.8 Å². The van der Waals surface area contributed by atoms with Crippen LogP contribution in [0.1, 0.15) is 172 Å². The van der Waals surface area contributed by atoms with Crippen molar-refractivity contribution < 1.29 is 14.6 Å². The van der Waals surface area contributed by atoms with Crippen LogP contribution in [0, 0.1) is 5.92 Å². The number of nitrogens with one attached hydrogen (secondary N) is 2. The van der Waals surface area contributed by atoms with Gasteiger partial charge in [0.15, 0.2) is 0 Å². The molecular formula is C37H79ClN2O3S. The molecule has 0 saturated carbocycles. The van der Waals surface area contributed by atoms with Crippen molar-refractivity contribution in [2.45, 2.75) is 200 Å². The third-order valence-electron chi connectivity index (χ3n) is 8.63. The molecule has 0 aromatic rings. The first-order chi connectivity index (χ1) is 20.4. The van der Waals surface area contributed by atoms with Crippen LogP contribution in [0.5, 0.6) is 0 Å². The molecule has 0 amide bonds. The third-order valence-corrected chi connectivity index (χ3v) is 9.34. The first kappa shape index (κ1) is 46.6. The second-order valence-electron chi connectivity index (χ2n) is 15.3. The van der Waals surface area contributed by atoms with E-state index in [-0.39, 0.29) is 27.7 Å². The number of thiol groups is 1. The van der Waals surface area contributed by atoms with E-state index in [0.29, 0.717) is 5.88 Å². The van der Waals surface area contributed by atoms with Crippen molar-refractivity contribution in [2.75, 3.05) is 32.2 Å². The Labute approximate surface area is 286 Å². The molecule has 0 bridgehead atoms. The zero-order valence-corrected chi connectivity index (χ0v) is 33.0. The Kier molecular flexibility index (Phi) is 27.9. The molecule has 0 aromatic carbocycles. The van der Waals surface area contributed by atoms with Gasteiger partial charge in [-0.1, -0.05) is 53.4 Å². The van der Waals surface area contributed by atoms with Crippen LogP contribution in [0.4, 0.5) is 0 Å². The number of rotatable bonds is 28. The quantitative estimate of drug-likeness (QED) is 0.0290. The van der Waals surface area contributed by atoms with E-state index < -0.39 is 0 Å². The molecule has 0 aliphatic carbocycles. The smallest absolute Gasteiger partial charge is 0.108 e. The average Bonchev–Trinajstić information content (AvgIpc) is 2.95. The van der Waals surface area contributed by atoms with Gasteiger partial charge in [-0.2, -0.15) is 0 Å². The molecule has 0 fully saturated rings. The number of hydrogen-bond acceptors (Lipinski definition) is 6. The first-order valence-electron chi connectivity index (χ1n) is 18.2. The Morgan fingerprint density at radius 2 is 1.20 bits per heavy atom. The number of alkyl halides is 1. The number of halogens is 1. The molecule has 44 heavy (non-hydrogen) atoms. The lowest BCUT2D eigenvalue weighted by Gasteiger charge is -2.29. The van der Waals surface area contributed by atoms with Gasteiger partial charge in [0.1, 0.15) is 4.93 Å². The van der Waals surface area contributed by atoms with Crippen LogP contribution in [0.25, 0.3) is 0 Å². The summed E-state index contributed by atoms with van der Waals surface area (Å²) >= 11 is 10.0. The SMILES string of the molecule is CCC(O)CCl.CCCCCC(C)(C)OCCCCC(C)(C)NCCCCC(C)(S)OCCCCC(C)(C)NCC(C)CC. The van der Waals surface area contributed by atoms with Gasteiger partial charge >= 0.3 is 0 Å². The zero-order valence-electron chi connectivity index (χ0n) is 31.4. The monoisotopic (exact) mass is 667 g/mol. The summed E-state index contributed by atoms with van der Waals surface area (Å²) < 4.78 is 12.3. The number of hydrogen-bond donors (Lipinski definition) is 4. The summed E-state index contributed by atoms with van der Waals surface area (Å²) in [4.78, 5) is -0.329. The number of unbranched alkanes of at least 4 members (excludes halogenated alkanes) is 5. The zero-order chi connectivity index (χ0) is 34.1. The van der Waals surface area contributed by atoms with Crippen LogP contribution in [0.2, 0.25) is 0 Å². The molecule has 3 atom stereocenters. The predicted molar refractivity (Wildman–Crippen MR) is 200 cm³/mol. The summed E-state index contributed by atoms with van der Waals surface area (Å²) in [6, 6.07) is 0. The van der Waals surface area contributed by atoms with Gasteiger partial charge in [-0.05, 0) is 138 Å².